The first-order chi connectivity index (χ1) is 9.97. The van der Waals surface area contributed by atoms with Crippen LogP contribution in [0.25, 0.3) is 0 Å². The van der Waals surface area contributed by atoms with Gasteiger partial charge in [-0.2, -0.15) is 0 Å². The van der Waals surface area contributed by atoms with Crippen LogP contribution in [0.1, 0.15) is 56.2 Å². The fourth-order valence-corrected chi connectivity index (χ4v) is 3.50. The van der Waals surface area contributed by atoms with Crippen molar-refractivity contribution >= 4 is 5.78 Å². The van der Waals surface area contributed by atoms with Crippen molar-refractivity contribution in [3.8, 4) is 0 Å². The van der Waals surface area contributed by atoms with Crippen molar-refractivity contribution in [3.05, 3.63) is 34.9 Å². The summed E-state index contributed by atoms with van der Waals surface area (Å²) in [4.78, 5) is 12.9. The number of hydrogen-bond donors (Lipinski definition) is 0. The van der Waals surface area contributed by atoms with Crippen molar-refractivity contribution < 1.29 is 9.53 Å². The largest absolute Gasteiger partial charge is 0.367 e. The molecule has 1 aromatic carbocycles. The highest BCUT2D eigenvalue weighted by atomic mass is 16.5. The highest BCUT2D eigenvalue weighted by Gasteiger charge is 2.41. The zero-order valence-corrected chi connectivity index (χ0v) is 13.9. The predicted molar refractivity (Wildman–Crippen MR) is 86.6 cm³/mol. The second kappa shape index (κ2) is 6.74. The average molecular weight is 288 g/mol. The summed E-state index contributed by atoms with van der Waals surface area (Å²) in [5, 5.41) is 0. The van der Waals surface area contributed by atoms with Crippen LogP contribution >= 0.6 is 0 Å². The molecule has 0 saturated heterocycles. The zero-order valence-electron chi connectivity index (χ0n) is 13.9. The zero-order chi connectivity index (χ0) is 15.5. The lowest BCUT2D eigenvalue weighted by Crippen LogP contribution is -2.46. The van der Waals surface area contributed by atoms with Gasteiger partial charge in [0.2, 0.25) is 0 Å². The molecule has 1 aliphatic carbocycles. The van der Waals surface area contributed by atoms with Gasteiger partial charge >= 0.3 is 0 Å². The molecule has 2 heteroatoms. The quantitative estimate of drug-likeness (QED) is 0.802. The molecule has 2 atom stereocenters. The van der Waals surface area contributed by atoms with Gasteiger partial charge in [-0.25, -0.2) is 0 Å². The second-order valence-electron chi connectivity index (χ2n) is 6.65. The number of hydrogen-bond acceptors (Lipinski definition) is 2. The third-order valence-electron chi connectivity index (χ3n) is 4.82. The van der Waals surface area contributed by atoms with Crippen molar-refractivity contribution in [1.29, 1.82) is 0 Å². The topological polar surface area (TPSA) is 26.3 Å². The number of Topliss-reactive ketones (excluding diaryl/α,β-unsaturated/α-hetero) is 1. The molecule has 1 saturated carbocycles. The summed E-state index contributed by atoms with van der Waals surface area (Å²) in [5.41, 5.74) is 3.10. The number of aryl methyl sites for hydroxylation is 2. The Balaban J connectivity index is 2.16. The average Bonchev–Trinajstić information content (AvgIpc) is 2.43. The van der Waals surface area contributed by atoms with E-state index in [1.807, 2.05) is 6.92 Å². The van der Waals surface area contributed by atoms with Crippen LogP contribution in [0.4, 0.5) is 0 Å². The van der Waals surface area contributed by atoms with Gasteiger partial charge in [-0.05, 0) is 62.6 Å². The summed E-state index contributed by atoms with van der Waals surface area (Å²) in [6.07, 6.45) is 4.57. The van der Waals surface area contributed by atoms with Crippen LogP contribution in [-0.2, 0) is 16.0 Å². The van der Waals surface area contributed by atoms with Crippen molar-refractivity contribution in [2.24, 2.45) is 5.92 Å². The maximum Gasteiger partial charge on any atom is 0.168 e. The summed E-state index contributed by atoms with van der Waals surface area (Å²) < 4.78 is 5.98. The SMILES string of the molecule is CCOC1(C(=O)Cc2ccc(C)c(C)c2)CCCC(C)C1. The molecule has 0 radical (unpaired) electrons. The van der Waals surface area contributed by atoms with Crippen LogP contribution in [0.3, 0.4) is 0 Å². The summed E-state index contributed by atoms with van der Waals surface area (Å²) in [7, 11) is 0. The third-order valence-corrected chi connectivity index (χ3v) is 4.82. The standard InChI is InChI=1S/C19H28O2/c1-5-21-19(10-6-7-14(2)13-19)18(20)12-17-9-8-15(3)16(4)11-17/h8-9,11,14H,5-7,10,12-13H2,1-4H3. The molecular weight excluding hydrogens is 260 g/mol. The van der Waals surface area contributed by atoms with Gasteiger partial charge in [0.1, 0.15) is 5.60 Å². The van der Waals surface area contributed by atoms with E-state index in [0.717, 1.165) is 24.8 Å². The lowest BCUT2D eigenvalue weighted by atomic mass is 9.75. The molecule has 1 aliphatic rings. The Labute approximate surface area is 128 Å². The van der Waals surface area contributed by atoms with E-state index >= 15 is 0 Å². The summed E-state index contributed by atoms with van der Waals surface area (Å²) >= 11 is 0. The summed E-state index contributed by atoms with van der Waals surface area (Å²) in [5.74, 6) is 0.841. The maximum atomic E-state index is 12.9. The Kier molecular flexibility index (Phi) is 5.21. The molecule has 1 aromatic rings. The lowest BCUT2D eigenvalue weighted by Gasteiger charge is -2.38. The number of ether oxygens (including phenoxy) is 1. The van der Waals surface area contributed by atoms with Crippen LogP contribution in [0.5, 0.6) is 0 Å². The number of carbonyl (C=O) groups excluding carboxylic acids is 1. The third kappa shape index (κ3) is 3.74. The fraction of sp³-hybridized carbons (Fsp3) is 0.632. The Bertz CT molecular complexity index is 502. The molecule has 1 fully saturated rings. The molecule has 21 heavy (non-hydrogen) atoms. The van der Waals surface area contributed by atoms with E-state index < -0.39 is 5.60 Å². The molecule has 116 valence electrons. The molecular formula is C19H28O2. The first-order valence-electron chi connectivity index (χ1n) is 8.20. The van der Waals surface area contributed by atoms with Crippen LogP contribution in [0.2, 0.25) is 0 Å². The molecule has 0 heterocycles. The monoisotopic (exact) mass is 288 g/mol. The summed E-state index contributed by atoms with van der Waals surface area (Å²) in [6, 6.07) is 6.32. The van der Waals surface area contributed by atoms with Crippen LogP contribution in [-0.4, -0.2) is 18.0 Å². The van der Waals surface area contributed by atoms with Gasteiger partial charge in [-0.3, -0.25) is 4.79 Å². The minimum Gasteiger partial charge on any atom is -0.367 e. The fourth-order valence-electron chi connectivity index (χ4n) is 3.50. The summed E-state index contributed by atoms with van der Waals surface area (Å²) in [6.45, 7) is 9.04. The number of benzene rings is 1. The second-order valence-corrected chi connectivity index (χ2v) is 6.65. The van der Waals surface area contributed by atoms with Gasteiger partial charge in [-0.1, -0.05) is 31.5 Å². The van der Waals surface area contributed by atoms with Crippen LogP contribution in [0.15, 0.2) is 18.2 Å². The van der Waals surface area contributed by atoms with Gasteiger partial charge in [0.25, 0.3) is 0 Å². The van der Waals surface area contributed by atoms with Gasteiger partial charge in [0, 0.05) is 13.0 Å². The Morgan fingerprint density at radius 1 is 1.33 bits per heavy atom. The molecule has 0 bridgehead atoms. The minimum absolute atomic E-state index is 0.263. The van der Waals surface area contributed by atoms with Crippen molar-refractivity contribution in [2.75, 3.05) is 6.61 Å². The Morgan fingerprint density at radius 2 is 2.10 bits per heavy atom. The molecule has 2 rings (SSSR count). The van der Waals surface area contributed by atoms with E-state index in [4.69, 9.17) is 4.74 Å². The molecule has 0 aromatic heterocycles. The van der Waals surface area contributed by atoms with Gasteiger partial charge in [0.15, 0.2) is 5.78 Å². The molecule has 2 unspecified atom stereocenters. The lowest BCUT2D eigenvalue weighted by molar-refractivity contribution is -0.150. The molecule has 0 amide bonds. The molecule has 0 N–H and O–H groups in total. The van der Waals surface area contributed by atoms with Gasteiger partial charge in [-0.15, -0.1) is 0 Å². The molecule has 2 nitrogen and oxygen atoms in total. The number of carbonyl (C=O) groups is 1. The van der Waals surface area contributed by atoms with Crippen LogP contribution in [0, 0.1) is 19.8 Å². The van der Waals surface area contributed by atoms with Gasteiger partial charge < -0.3 is 4.74 Å². The molecule has 0 aliphatic heterocycles. The maximum absolute atomic E-state index is 12.9. The van der Waals surface area contributed by atoms with Gasteiger partial charge in [0.05, 0.1) is 0 Å². The van der Waals surface area contributed by atoms with E-state index in [0.29, 0.717) is 18.9 Å². The minimum atomic E-state index is -0.537. The van der Waals surface area contributed by atoms with E-state index in [1.54, 1.807) is 0 Å². The van der Waals surface area contributed by atoms with Crippen molar-refractivity contribution in [3.63, 3.8) is 0 Å². The Hall–Kier alpha value is -1.15. The predicted octanol–water partition coefficient (Wildman–Crippen LogP) is 4.40. The van der Waals surface area contributed by atoms with Crippen molar-refractivity contribution in [1.82, 2.24) is 0 Å². The number of rotatable bonds is 5. The smallest absolute Gasteiger partial charge is 0.168 e. The van der Waals surface area contributed by atoms with E-state index in [9.17, 15) is 4.79 Å². The first kappa shape index (κ1) is 16.2. The van der Waals surface area contributed by atoms with E-state index in [1.165, 1.54) is 17.5 Å². The highest BCUT2D eigenvalue weighted by Crippen LogP contribution is 2.36. The first-order valence-corrected chi connectivity index (χ1v) is 8.20. The van der Waals surface area contributed by atoms with Crippen molar-refractivity contribution in [2.45, 2.75) is 65.4 Å². The Morgan fingerprint density at radius 3 is 2.71 bits per heavy atom. The van der Waals surface area contributed by atoms with E-state index in [-0.39, 0.29) is 5.78 Å². The van der Waals surface area contributed by atoms with E-state index in [2.05, 4.69) is 39.0 Å². The highest BCUT2D eigenvalue weighted by molar-refractivity contribution is 5.89. The number of ketones is 1. The molecule has 0 spiro atoms. The van der Waals surface area contributed by atoms with Crippen LogP contribution < -0.4 is 0 Å². The normalized spacial score (nSPS) is 25.8.